The molecule has 0 N–H and O–H groups in total. The topological polar surface area (TPSA) is 35.5 Å². The summed E-state index contributed by atoms with van der Waals surface area (Å²) in [6, 6.07) is 0. The minimum Gasteiger partial charge on any atom is -0.353 e. The molecule has 0 aliphatic carbocycles. The zero-order chi connectivity index (χ0) is 26.4. The monoisotopic (exact) mass is 511 g/mol. The number of rotatable bonds is 31. The van der Waals surface area contributed by atoms with E-state index in [0.717, 1.165) is 58.2 Å². The van der Waals surface area contributed by atoms with E-state index >= 15 is 0 Å². The van der Waals surface area contributed by atoms with Crippen LogP contribution < -0.4 is 0 Å². The van der Waals surface area contributed by atoms with E-state index in [4.69, 9.17) is 9.47 Å². The molecule has 0 unspecified atom stereocenters. The van der Waals surface area contributed by atoms with Crippen molar-refractivity contribution in [3.63, 3.8) is 0 Å². The van der Waals surface area contributed by atoms with Crippen LogP contribution in [0.4, 0.5) is 0 Å². The molecule has 0 aromatic heterocycles. The van der Waals surface area contributed by atoms with Gasteiger partial charge in [0.2, 0.25) is 0 Å². The first kappa shape index (κ1) is 35.6. The minimum atomic E-state index is -0.0183. The van der Waals surface area contributed by atoms with Crippen molar-refractivity contribution in [1.82, 2.24) is 0 Å². The first-order chi connectivity index (χ1) is 17.7. The maximum atomic E-state index is 12.1. The number of carbonyl (C=O) groups is 1. The van der Waals surface area contributed by atoms with E-state index in [-0.39, 0.29) is 6.29 Å². The van der Waals surface area contributed by atoms with Crippen LogP contribution in [0.25, 0.3) is 0 Å². The number of Topliss-reactive ketones (excluding diaryl/α,β-unsaturated/α-hetero) is 1. The van der Waals surface area contributed by atoms with Crippen LogP contribution in [0.2, 0.25) is 0 Å². The molecule has 0 amide bonds. The van der Waals surface area contributed by atoms with E-state index in [1.54, 1.807) is 0 Å². The zero-order valence-corrected chi connectivity index (χ0v) is 25.1. The van der Waals surface area contributed by atoms with Crippen LogP contribution in [0.5, 0.6) is 0 Å². The van der Waals surface area contributed by atoms with E-state index in [9.17, 15) is 4.79 Å². The molecule has 36 heavy (non-hydrogen) atoms. The van der Waals surface area contributed by atoms with Crippen LogP contribution in [0, 0.1) is 0 Å². The Morgan fingerprint density at radius 1 is 0.444 bits per heavy atom. The molecule has 0 heterocycles. The molecular formula is C33H66O3. The highest BCUT2D eigenvalue weighted by atomic mass is 16.7. The average Bonchev–Trinajstić information content (AvgIpc) is 2.88. The Kier molecular flexibility index (Phi) is 30.5. The van der Waals surface area contributed by atoms with Crippen molar-refractivity contribution < 1.29 is 14.3 Å². The summed E-state index contributed by atoms with van der Waals surface area (Å²) in [6.45, 7) is 8.47. The van der Waals surface area contributed by atoms with Crippen molar-refractivity contribution in [2.75, 3.05) is 13.2 Å². The lowest BCUT2D eigenvalue weighted by atomic mass is 10.0. The summed E-state index contributed by atoms with van der Waals surface area (Å²) in [4.78, 5) is 12.1. The van der Waals surface area contributed by atoms with Gasteiger partial charge in [0, 0.05) is 26.1 Å². The second-order valence-electron chi connectivity index (χ2n) is 11.1. The molecular weight excluding hydrogens is 444 g/mol. The molecule has 0 rings (SSSR count). The van der Waals surface area contributed by atoms with Gasteiger partial charge in [-0.05, 0) is 38.5 Å². The molecule has 3 nitrogen and oxygen atoms in total. The molecule has 0 spiro atoms. The maximum absolute atomic E-state index is 12.1. The smallest absolute Gasteiger partial charge is 0.157 e. The van der Waals surface area contributed by atoms with Crippen LogP contribution in [0.1, 0.15) is 188 Å². The van der Waals surface area contributed by atoms with Gasteiger partial charge in [-0.15, -0.1) is 0 Å². The Hall–Kier alpha value is -0.410. The van der Waals surface area contributed by atoms with Gasteiger partial charge < -0.3 is 9.47 Å². The van der Waals surface area contributed by atoms with E-state index in [0.29, 0.717) is 5.78 Å². The fraction of sp³-hybridized carbons (Fsp3) is 0.970. The normalized spacial score (nSPS) is 11.6. The van der Waals surface area contributed by atoms with Gasteiger partial charge in [0.15, 0.2) is 6.29 Å². The Balaban J connectivity index is 3.85. The third kappa shape index (κ3) is 28.2. The Bertz CT molecular complexity index is 405. The third-order valence-electron chi connectivity index (χ3n) is 7.31. The summed E-state index contributed by atoms with van der Waals surface area (Å²) < 4.78 is 12.3. The lowest BCUT2D eigenvalue weighted by Crippen LogP contribution is -2.19. The number of ether oxygens (including phenoxy) is 2. The van der Waals surface area contributed by atoms with Gasteiger partial charge in [-0.1, -0.05) is 136 Å². The van der Waals surface area contributed by atoms with Crippen LogP contribution in [0.3, 0.4) is 0 Å². The first-order valence-corrected chi connectivity index (χ1v) is 16.5. The molecule has 0 aliphatic rings. The van der Waals surface area contributed by atoms with Crippen molar-refractivity contribution in [2.45, 2.75) is 194 Å². The van der Waals surface area contributed by atoms with E-state index in [2.05, 4.69) is 20.8 Å². The summed E-state index contributed by atoms with van der Waals surface area (Å²) in [7, 11) is 0. The van der Waals surface area contributed by atoms with Gasteiger partial charge in [0.1, 0.15) is 5.78 Å². The highest BCUT2D eigenvalue weighted by molar-refractivity contribution is 5.78. The molecule has 0 atom stereocenters. The Morgan fingerprint density at radius 3 is 1.19 bits per heavy atom. The highest BCUT2D eigenvalue weighted by Gasteiger charge is 2.09. The molecule has 0 bridgehead atoms. The molecule has 0 fully saturated rings. The van der Waals surface area contributed by atoms with E-state index in [1.807, 2.05) is 0 Å². The van der Waals surface area contributed by atoms with Gasteiger partial charge in [-0.25, -0.2) is 0 Å². The quantitative estimate of drug-likeness (QED) is 0.0687. The molecule has 0 saturated heterocycles. The Morgan fingerprint density at radius 2 is 0.778 bits per heavy atom. The number of hydrogen-bond acceptors (Lipinski definition) is 3. The van der Waals surface area contributed by atoms with Crippen LogP contribution in [-0.4, -0.2) is 25.3 Å². The van der Waals surface area contributed by atoms with Gasteiger partial charge >= 0.3 is 0 Å². The largest absolute Gasteiger partial charge is 0.353 e. The van der Waals surface area contributed by atoms with Crippen molar-refractivity contribution in [3.05, 3.63) is 0 Å². The minimum absolute atomic E-state index is 0.0183. The number of carbonyl (C=O) groups excluding carboxylic acids is 1. The summed E-state index contributed by atoms with van der Waals surface area (Å²) in [5, 5.41) is 0. The zero-order valence-electron chi connectivity index (χ0n) is 25.1. The summed E-state index contributed by atoms with van der Waals surface area (Å²) in [5.74, 6) is 0.483. The fourth-order valence-corrected chi connectivity index (χ4v) is 4.80. The van der Waals surface area contributed by atoms with Gasteiger partial charge in [0.25, 0.3) is 0 Å². The van der Waals surface area contributed by atoms with Crippen molar-refractivity contribution in [3.8, 4) is 0 Å². The second-order valence-corrected chi connectivity index (χ2v) is 11.1. The lowest BCUT2D eigenvalue weighted by Gasteiger charge is -2.19. The molecule has 216 valence electrons. The number of ketones is 1. The summed E-state index contributed by atoms with van der Waals surface area (Å²) >= 11 is 0. The van der Waals surface area contributed by atoms with Gasteiger partial charge in [-0.2, -0.15) is 0 Å². The van der Waals surface area contributed by atoms with E-state index < -0.39 is 0 Å². The highest BCUT2D eigenvalue weighted by Crippen LogP contribution is 2.15. The molecule has 0 aromatic rings. The Labute approximate surface area is 227 Å². The van der Waals surface area contributed by atoms with Gasteiger partial charge in [0.05, 0.1) is 0 Å². The SMILES string of the molecule is CCCCCCCCOC(CCCCCCCC(=O)CCCCCCCC)OCCCCCCCC. The van der Waals surface area contributed by atoms with Crippen molar-refractivity contribution in [2.24, 2.45) is 0 Å². The van der Waals surface area contributed by atoms with Crippen molar-refractivity contribution in [1.29, 1.82) is 0 Å². The predicted octanol–water partition coefficient (Wildman–Crippen LogP) is 11.1. The second kappa shape index (κ2) is 30.8. The van der Waals surface area contributed by atoms with Gasteiger partial charge in [-0.3, -0.25) is 4.79 Å². The number of unbranched alkanes of at least 4 members (excludes halogenated alkanes) is 19. The third-order valence-corrected chi connectivity index (χ3v) is 7.31. The lowest BCUT2D eigenvalue weighted by molar-refractivity contribution is -0.148. The van der Waals surface area contributed by atoms with Crippen LogP contribution in [0.15, 0.2) is 0 Å². The summed E-state index contributed by atoms with van der Waals surface area (Å²) in [6.07, 6.45) is 31.7. The molecule has 0 aromatic carbocycles. The maximum Gasteiger partial charge on any atom is 0.157 e. The first-order valence-electron chi connectivity index (χ1n) is 16.5. The number of hydrogen-bond donors (Lipinski definition) is 0. The van der Waals surface area contributed by atoms with Crippen LogP contribution in [-0.2, 0) is 14.3 Å². The van der Waals surface area contributed by atoms with E-state index in [1.165, 1.54) is 122 Å². The molecule has 0 aliphatic heterocycles. The fourth-order valence-electron chi connectivity index (χ4n) is 4.80. The molecule has 3 heteroatoms. The summed E-state index contributed by atoms with van der Waals surface area (Å²) in [5.41, 5.74) is 0. The standard InChI is InChI=1S/C33H66O3/c1-4-7-10-13-17-22-27-32(34)28-23-18-16-19-24-29-33(35-30-25-20-14-11-8-5-2)36-31-26-21-15-12-9-6-3/h33H,4-31H2,1-3H3. The van der Waals surface area contributed by atoms with Crippen molar-refractivity contribution >= 4 is 5.78 Å². The molecule has 0 radical (unpaired) electrons. The average molecular weight is 511 g/mol. The predicted molar refractivity (Wildman–Crippen MR) is 158 cm³/mol. The molecule has 0 saturated carbocycles. The van der Waals surface area contributed by atoms with Crippen LogP contribution >= 0.6 is 0 Å².